The number of esters is 1. The van der Waals surface area contributed by atoms with Crippen LogP contribution in [0.4, 0.5) is 0 Å². The summed E-state index contributed by atoms with van der Waals surface area (Å²) in [5.74, 6) is 0.131. The predicted molar refractivity (Wildman–Crippen MR) is 116 cm³/mol. The van der Waals surface area contributed by atoms with Gasteiger partial charge in [-0.1, -0.05) is 0 Å². The number of methoxy groups -OCH3 is 1. The smallest absolute Gasteiger partial charge is 0.319 e. The molecule has 0 radical (unpaired) electrons. The number of nitrogens with two attached hydrogens (primary N) is 1. The summed E-state index contributed by atoms with van der Waals surface area (Å²) in [6, 6.07) is 0.283. The van der Waals surface area contributed by atoms with Gasteiger partial charge in [-0.25, -0.2) is 10.0 Å². The number of halogens is 2. The fourth-order valence-electron chi connectivity index (χ4n) is 4.36. The normalized spacial score (nSPS) is 28.4. The van der Waals surface area contributed by atoms with Gasteiger partial charge in [0.05, 0.1) is 19.0 Å². The summed E-state index contributed by atoms with van der Waals surface area (Å²) in [4.78, 5) is 25.7. The van der Waals surface area contributed by atoms with E-state index in [0.29, 0.717) is 17.8 Å². The monoisotopic (exact) mass is 457 g/mol. The maximum absolute atomic E-state index is 12.1. The van der Waals surface area contributed by atoms with Crippen LogP contribution in [0.1, 0.15) is 25.7 Å². The number of carbonyl (C=O) groups excluding carboxylic acids is 2. The average molecular weight is 458 g/mol. The summed E-state index contributed by atoms with van der Waals surface area (Å²) in [5.41, 5.74) is 5.75. The van der Waals surface area contributed by atoms with Crippen LogP contribution in [0.5, 0.6) is 0 Å². The Labute approximate surface area is 184 Å². The molecule has 3 rings (SSSR count). The van der Waals surface area contributed by atoms with Crippen LogP contribution >= 0.6 is 36.6 Å². The number of hydrogen-bond acceptors (Lipinski definition) is 8. The average Bonchev–Trinajstić information content (AvgIpc) is 3.00. The highest BCUT2D eigenvalue weighted by molar-refractivity contribution is 8.01. The summed E-state index contributed by atoms with van der Waals surface area (Å²) >= 11 is 1.71. The third-order valence-electron chi connectivity index (χ3n) is 5.78. The van der Waals surface area contributed by atoms with Crippen LogP contribution in [0.2, 0.25) is 0 Å². The molecule has 11 heteroatoms. The van der Waals surface area contributed by atoms with Crippen LogP contribution in [-0.4, -0.2) is 90.5 Å². The van der Waals surface area contributed by atoms with E-state index in [9.17, 15) is 9.59 Å². The van der Waals surface area contributed by atoms with Crippen molar-refractivity contribution in [2.75, 3.05) is 46.9 Å². The number of nitrogens with one attached hydrogen (secondary N) is 1. The highest BCUT2D eigenvalue weighted by Gasteiger charge is 2.47. The summed E-state index contributed by atoms with van der Waals surface area (Å²) in [6.45, 7) is 4.09. The standard InChI is InChI=1S/C17H31N5O3S.2ClH/c1-20-16(12-3-7-19-8-4-12)26-17(15(18)24)22(20)13-5-9-21(10-6-13)11-14(23)25-2;;/h12-13,16-17,19H,3-11H2,1-2H3,(H2,18,24);2*1H. The van der Waals surface area contributed by atoms with E-state index in [1.807, 2.05) is 0 Å². The lowest BCUT2D eigenvalue weighted by atomic mass is 9.97. The molecule has 3 saturated heterocycles. The minimum Gasteiger partial charge on any atom is -0.468 e. The number of thioether (sulfide) groups is 1. The molecular weight excluding hydrogens is 425 g/mol. The molecule has 3 aliphatic rings. The lowest BCUT2D eigenvalue weighted by Gasteiger charge is -2.42. The molecule has 2 atom stereocenters. The number of primary amides is 1. The molecule has 0 aromatic carbocycles. The van der Waals surface area contributed by atoms with E-state index in [4.69, 9.17) is 10.5 Å². The SMILES string of the molecule is COC(=O)CN1CCC(N2C(C(N)=O)SC(C3CCNCC3)N2C)CC1.Cl.Cl. The Morgan fingerprint density at radius 1 is 1.14 bits per heavy atom. The molecule has 3 N–H and O–H groups in total. The van der Waals surface area contributed by atoms with E-state index in [2.05, 4.69) is 27.3 Å². The van der Waals surface area contributed by atoms with Crippen molar-refractivity contribution in [1.82, 2.24) is 20.2 Å². The van der Waals surface area contributed by atoms with E-state index in [-0.39, 0.29) is 48.1 Å². The van der Waals surface area contributed by atoms with Gasteiger partial charge in [0.2, 0.25) is 5.91 Å². The van der Waals surface area contributed by atoms with Crippen LogP contribution in [0.25, 0.3) is 0 Å². The summed E-state index contributed by atoms with van der Waals surface area (Å²) in [6.07, 6.45) is 4.12. The number of hydrazine groups is 1. The Morgan fingerprint density at radius 2 is 1.75 bits per heavy atom. The van der Waals surface area contributed by atoms with Crippen molar-refractivity contribution in [2.24, 2.45) is 11.7 Å². The maximum Gasteiger partial charge on any atom is 0.319 e. The lowest BCUT2D eigenvalue weighted by molar-refractivity contribution is -0.143. The molecule has 1 amide bonds. The zero-order chi connectivity index (χ0) is 18.7. The molecule has 8 nitrogen and oxygen atoms in total. The Balaban J connectivity index is 0.00000196. The third kappa shape index (κ3) is 5.87. The molecule has 0 bridgehead atoms. The minimum atomic E-state index is -0.294. The van der Waals surface area contributed by atoms with E-state index in [1.54, 1.807) is 11.8 Å². The number of ether oxygens (including phenoxy) is 1. The first-order chi connectivity index (χ1) is 12.5. The van der Waals surface area contributed by atoms with Gasteiger partial charge in [0.15, 0.2) is 5.37 Å². The highest BCUT2D eigenvalue weighted by atomic mass is 35.5. The zero-order valence-electron chi connectivity index (χ0n) is 16.5. The van der Waals surface area contributed by atoms with Gasteiger partial charge in [-0.15, -0.1) is 36.6 Å². The number of hydrogen-bond donors (Lipinski definition) is 2. The van der Waals surface area contributed by atoms with Crippen LogP contribution in [0.15, 0.2) is 0 Å². The minimum absolute atomic E-state index is 0. The molecule has 2 unspecified atom stereocenters. The van der Waals surface area contributed by atoms with Crippen molar-refractivity contribution in [1.29, 1.82) is 0 Å². The Hall–Kier alpha value is -0.290. The second kappa shape index (κ2) is 11.8. The van der Waals surface area contributed by atoms with Crippen molar-refractivity contribution >= 4 is 48.5 Å². The maximum atomic E-state index is 12.1. The van der Waals surface area contributed by atoms with Crippen molar-refractivity contribution in [3.05, 3.63) is 0 Å². The summed E-state index contributed by atoms with van der Waals surface area (Å²) in [7, 11) is 3.52. The van der Waals surface area contributed by atoms with Gasteiger partial charge in [0, 0.05) is 26.2 Å². The molecule has 0 aromatic heterocycles. The topological polar surface area (TPSA) is 91.1 Å². The molecule has 28 heavy (non-hydrogen) atoms. The van der Waals surface area contributed by atoms with Crippen LogP contribution in [0, 0.1) is 5.92 Å². The molecule has 3 aliphatic heterocycles. The van der Waals surface area contributed by atoms with Gasteiger partial charge < -0.3 is 15.8 Å². The molecule has 0 spiro atoms. The molecule has 0 aliphatic carbocycles. The van der Waals surface area contributed by atoms with Crippen molar-refractivity contribution < 1.29 is 14.3 Å². The van der Waals surface area contributed by atoms with Gasteiger partial charge in [0.25, 0.3) is 0 Å². The number of rotatable bonds is 5. The highest BCUT2D eigenvalue weighted by Crippen LogP contribution is 2.42. The van der Waals surface area contributed by atoms with Crippen molar-refractivity contribution in [3.63, 3.8) is 0 Å². The van der Waals surface area contributed by atoms with E-state index in [1.165, 1.54) is 7.11 Å². The molecule has 0 aromatic rings. The summed E-state index contributed by atoms with van der Waals surface area (Å²) < 4.78 is 4.76. The van der Waals surface area contributed by atoms with Gasteiger partial charge in [-0.05, 0) is 44.7 Å². The number of carbonyl (C=O) groups is 2. The van der Waals surface area contributed by atoms with Gasteiger partial charge in [-0.3, -0.25) is 14.5 Å². The molecule has 0 saturated carbocycles. The molecule has 3 fully saturated rings. The second-order valence-corrected chi connectivity index (χ2v) is 8.61. The quantitative estimate of drug-likeness (QED) is 0.576. The zero-order valence-corrected chi connectivity index (χ0v) is 19.0. The predicted octanol–water partition coefficient (Wildman–Crippen LogP) is 0.500. The Bertz CT molecular complexity index is 519. The van der Waals surface area contributed by atoms with Gasteiger partial charge >= 0.3 is 5.97 Å². The van der Waals surface area contributed by atoms with Crippen LogP contribution in [-0.2, 0) is 14.3 Å². The summed E-state index contributed by atoms with van der Waals surface area (Å²) in [5, 5.41) is 7.92. The number of likely N-dealkylation sites (tertiary alicyclic amines) is 1. The van der Waals surface area contributed by atoms with E-state index < -0.39 is 0 Å². The van der Waals surface area contributed by atoms with Gasteiger partial charge in [-0.2, -0.15) is 0 Å². The van der Waals surface area contributed by atoms with Gasteiger partial charge in [0.1, 0.15) is 0 Å². The lowest BCUT2D eigenvalue weighted by Crippen LogP contribution is -2.55. The number of nitrogens with zero attached hydrogens (tertiary/aromatic N) is 3. The fraction of sp³-hybridized carbons (Fsp3) is 0.882. The second-order valence-electron chi connectivity index (χ2n) is 7.41. The van der Waals surface area contributed by atoms with Crippen LogP contribution < -0.4 is 11.1 Å². The molecule has 3 heterocycles. The number of piperidine rings is 2. The fourth-order valence-corrected chi connectivity index (χ4v) is 5.98. The first-order valence-corrected chi connectivity index (χ1v) is 10.4. The van der Waals surface area contributed by atoms with Crippen LogP contribution in [0.3, 0.4) is 0 Å². The first-order valence-electron chi connectivity index (χ1n) is 9.47. The molecule has 164 valence electrons. The molecular formula is C17H33Cl2N5O3S. The largest absolute Gasteiger partial charge is 0.468 e. The third-order valence-corrected chi connectivity index (χ3v) is 7.46. The van der Waals surface area contributed by atoms with Crippen molar-refractivity contribution in [3.8, 4) is 0 Å². The Morgan fingerprint density at radius 3 is 2.29 bits per heavy atom. The van der Waals surface area contributed by atoms with E-state index >= 15 is 0 Å². The van der Waals surface area contributed by atoms with E-state index in [0.717, 1.165) is 51.9 Å². The Kier molecular flexibility index (Phi) is 10.8. The van der Waals surface area contributed by atoms with Crippen molar-refractivity contribution in [2.45, 2.75) is 42.5 Å². The number of amides is 1. The first kappa shape index (κ1) is 25.7.